The molecule has 27 heavy (non-hydrogen) atoms. The average molecular weight is 411 g/mol. The van der Waals surface area contributed by atoms with Crippen LogP contribution in [0.25, 0.3) is 0 Å². The van der Waals surface area contributed by atoms with Crippen LogP contribution in [0.2, 0.25) is 5.02 Å². The van der Waals surface area contributed by atoms with Crippen molar-refractivity contribution in [2.24, 2.45) is 0 Å². The Morgan fingerprint density at radius 3 is 2.30 bits per heavy atom. The van der Waals surface area contributed by atoms with Crippen molar-refractivity contribution >= 4 is 30.9 Å². The molecule has 146 valence electrons. The zero-order chi connectivity index (χ0) is 19.9. The van der Waals surface area contributed by atoms with Gasteiger partial charge in [-0.25, -0.2) is 4.79 Å². The molecule has 2 amide bonds. The van der Waals surface area contributed by atoms with E-state index >= 15 is 0 Å². The molecule has 2 N–H and O–H groups in total. The Morgan fingerprint density at radius 1 is 1.11 bits per heavy atom. The van der Waals surface area contributed by atoms with Gasteiger partial charge in [0.15, 0.2) is 5.78 Å². The highest BCUT2D eigenvalue weighted by molar-refractivity contribution is 7.54. The summed E-state index contributed by atoms with van der Waals surface area (Å²) in [5.41, 5.74) is 2.05. The average Bonchev–Trinajstić information content (AvgIpc) is 2.64. The van der Waals surface area contributed by atoms with Crippen LogP contribution in [0.15, 0.2) is 48.5 Å². The molecule has 2 aromatic rings. The van der Waals surface area contributed by atoms with E-state index in [0.717, 1.165) is 5.56 Å². The third kappa shape index (κ3) is 5.81. The lowest BCUT2D eigenvalue weighted by atomic mass is 10.2. The zero-order valence-electron chi connectivity index (χ0n) is 15.6. The zero-order valence-corrected chi connectivity index (χ0v) is 17.2. The lowest BCUT2D eigenvalue weighted by Crippen LogP contribution is -2.33. The quantitative estimate of drug-likeness (QED) is 0.544. The second-order valence-electron chi connectivity index (χ2n) is 5.75. The van der Waals surface area contributed by atoms with Gasteiger partial charge in [-0.05, 0) is 44.0 Å². The van der Waals surface area contributed by atoms with Gasteiger partial charge in [0.2, 0.25) is 0 Å². The predicted molar refractivity (Wildman–Crippen MR) is 108 cm³/mol. The first-order chi connectivity index (χ1) is 12.9. The summed E-state index contributed by atoms with van der Waals surface area (Å²) in [7, 11) is -3.63. The molecule has 0 aliphatic heterocycles. The molecule has 0 aromatic heterocycles. The van der Waals surface area contributed by atoms with Crippen LogP contribution in [0.1, 0.15) is 30.8 Å². The van der Waals surface area contributed by atoms with E-state index in [4.69, 9.17) is 20.6 Å². The number of carbonyl (C=O) groups excluding carboxylic acids is 1. The Bertz CT molecular complexity index is 807. The highest BCUT2D eigenvalue weighted by Crippen LogP contribution is 2.59. The number of rotatable bonds is 8. The molecule has 8 heteroatoms. The number of benzene rings is 2. The van der Waals surface area contributed by atoms with E-state index in [-0.39, 0.29) is 13.2 Å². The van der Waals surface area contributed by atoms with Crippen LogP contribution in [-0.4, -0.2) is 19.2 Å². The minimum atomic E-state index is -3.63. The maximum atomic E-state index is 13.3. The van der Waals surface area contributed by atoms with Crippen molar-refractivity contribution in [3.63, 3.8) is 0 Å². The van der Waals surface area contributed by atoms with Crippen molar-refractivity contribution in [1.29, 1.82) is 0 Å². The van der Waals surface area contributed by atoms with Gasteiger partial charge in [0.1, 0.15) is 0 Å². The van der Waals surface area contributed by atoms with Crippen molar-refractivity contribution in [2.75, 3.05) is 18.5 Å². The van der Waals surface area contributed by atoms with Gasteiger partial charge >= 0.3 is 13.6 Å². The fourth-order valence-electron chi connectivity index (χ4n) is 2.49. The van der Waals surface area contributed by atoms with E-state index in [1.54, 1.807) is 56.3 Å². The molecule has 0 aliphatic carbocycles. The summed E-state index contributed by atoms with van der Waals surface area (Å²) < 4.78 is 24.2. The molecular formula is C19H24ClN2O4P. The van der Waals surface area contributed by atoms with E-state index in [9.17, 15) is 9.36 Å². The molecule has 0 radical (unpaired) electrons. The number of aryl methyl sites for hydroxylation is 1. The van der Waals surface area contributed by atoms with Crippen LogP contribution in [-0.2, 0) is 13.6 Å². The van der Waals surface area contributed by atoms with Crippen molar-refractivity contribution < 1.29 is 18.4 Å². The highest BCUT2D eigenvalue weighted by Gasteiger charge is 2.38. The first-order valence-electron chi connectivity index (χ1n) is 8.67. The summed E-state index contributed by atoms with van der Waals surface area (Å²) >= 11 is 6.10. The molecule has 2 rings (SSSR count). The Hall–Kier alpha value is -1.85. The summed E-state index contributed by atoms with van der Waals surface area (Å²) in [6, 6.07) is 13.6. The maximum absolute atomic E-state index is 13.3. The second kappa shape index (κ2) is 9.90. The monoisotopic (exact) mass is 410 g/mol. The Kier molecular flexibility index (Phi) is 7.87. The van der Waals surface area contributed by atoms with Gasteiger partial charge in [0.25, 0.3) is 0 Å². The minimum absolute atomic E-state index is 0.192. The van der Waals surface area contributed by atoms with E-state index in [1.165, 1.54) is 0 Å². The molecule has 0 heterocycles. The summed E-state index contributed by atoms with van der Waals surface area (Å²) in [4.78, 5) is 12.6. The molecule has 2 aromatic carbocycles. The van der Waals surface area contributed by atoms with E-state index in [0.29, 0.717) is 16.3 Å². The van der Waals surface area contributed by atoms with Crippen molar-refractivity contribution in [3.05, 3.63) is 64.7 Å². The Labute approximate surface area is 164 Å². The van der Waals surface area contributed by atoms with Crippen LogP contribution in [0.5, 0.6) is 0 Å². The largest absolute Gasteiger partial charge is 0.357 e. The lowest BCUT2D eigenvalue weighted by Gasteiger charge is -2.27. The normalized spacial score (nSPS) is 12.4. The standard InChI is InChI=1S/C19H24ClN2O4P/c1-4-25-27(24,26-5-2)18(15-9-7-6-8-10-15)22-19(23)21-16-12-11-14(3)17(20)13-16/h6-13,18H,4-5H2,1-3H3,(H2,21,22,23)/t18-/m0/s1. The Balaban J connectivity index is 2.26. The number of carbonyl (C=O) groups is 1. The SMILES string of the molecule is CCOP(=O)(OCC)[C@H](NC(=O)Nc1ccc(C)c(Cl)c1)c1ccccc1. The summed E-state index contributed by atoms with van der Waals surface area (Å²) in [6.07, 6.45) is 0. The number of urea groups is 1. The summed E-state index contributed by atoms with van der Waals surface area (Å²) in [6.45, 7) is 5.71. The molecule has 0 fully saturated rings. The highest BCUT2D eigenvalue weighted by atomic mass is 35.5. The van der Waals surface area contributed by atoms with Crippen LogP contribution in [0, 0.1) is 6.92 Å². The molecule has 0 unspecified atom stereocenters. The summed E-state index contributed by atoms with van der Waals surface area (Å²) in [5, 5.41) is 5.96. The van der Waals surface area contributed by atoms with Crippen LogP contribution < -0.4 is 10.6 Å². The Morgan fingerprint density at radius 2 is 1.74 bits per heavy atom. The fraction of sp³-hybridized carbons (Fsp3) is 0.316. The van der Waals surface area contributed by atoms with E-state index < -0.39 is 19.4 Å². The van der Waals surface area contributed by atoms with Gasteiger partial charge in [0.05, 0.1) is 13.2 Å². The molecule has 1 atom stereocenters. The lowest BCUT2D eigenvalue weighted by molar-refractivity contribution is 0.205. The third-order valence-corrected chi connectivity index (χ3v) is 6.45. The van der Waals surface area contributed by atoms with Crippen molar-refractivity contribution in [2.45, 2.75) is 26.6 Å². The van der Waals surface area contributed by atoms with Gasteiger partial charge < -0.3 is 19.7 Å². The number of amides is 2. The van der Waals surface area contributed by atoms with Crippen LogP contribution in [0.3, 0.4) is 0 Å². The molecule has 0 bridgehead atoms. The third-order valence-electron chi connectivity index (χ3n) is 3.75. The predicted octanol–water partition coefficient (Wildman–Crippen LogP) is 5.73. The number of anilines is 1. The van der Waals surface area contributed by atoms with Crippen molar-refractivity contribution in [3.8, 4) is 0 Å². The van der Waals surface area contributed by atoms with Crippen molar-refractivity contribution in [1.82, 2.24) is 5.32 Å². The molecule has 0 saturated heterocycles. The molecular weight excluding hydrogens is 387 g/mol. The number of nitrogens with one attached hydrogen (secondary N) is 2. The molecule has 0 spiro atoms. The van der Waals surface area contributed by atoms with Crippen LogP contribution >= 0.6 is 19.2 Å². The first-order valence-corrected chi connectivity index (χ1v) is 10.7. The van der Waals surface area contributed by atoms with Gasteiger partial charge in [-0.2, -0.15) is 0 Å². The van der Waals surface area contributed by atoms with E-state index in [2.05, 4.69) is 10.6 Å². The second-order valence-corrected chi connectivity index (χ2v) is 8.27. The molecule has 0 saturated carbocycles. The van der Waals surface area contributed by atoms with Gasteiger partial charge in [-0.3, -0.25) is 4.57 Å². The molecule has 0 aliphatic rings. The maximum Gasteiger partial charge on any atom is 0.357 e. The van der Waals surface area contributed by atoms with E-state index in [1.807, 2.05) is 13.0 Å². The number of halogens is 1. The summed E-state index contributed by atoms with van der Waals surface area (Å²) in [5.74, 6) is -0.945. The van der Waals surface area contributed by atoms with Gasteiger partial charge in [-0.15, -0.1) is 0 Å². The fourth-order valence-corrected chi connectivity index (χ4v) is 4.57. The van der Waals surface area contributed by atoms with Crippen LogP contribution in [0.4, 0.5) is 10.5 Å². The van der Waals surface area contributed by atoms with Gasteiger partial charge in [0, 0.05) is 10.7 Å². The number of hydrogen-bond acceptors (Lipinski definition) is 4. The number of hydrogen-bond donors (Lipinski definition) is 2. The molecule has 6 nitrogen and oxygen atoms in total. The first kappa shape index (κ1) is 21.5. The minimum Gasteiger partial charge on any atom is -0.320 e. The smallest absolute Gasteiger partial charge is 0.320 e. The topological polar surface area (TPSA) is 76.7 Å². The van der Waals surface area contributed by atoms with Gasteiger partial charge in [-0.1, -0.05) is 48.0 Å².